The molecule has 0 unspecified atom stereocenters. The van der Waals surface area contributed by atoms with E-state index in [1.807, 2.05) is 13.8 Å². The average molecular weight is 188 g/mol. The standard InChI is InChI=1S/C10H20O3/c1-4-5-6-10(7-11)8-12-9(2,3)13-10/h11H,4-8H2,1-3H3/t10-/m1/s1. The molecule has 1 aliphatic rings. The summed E-state index contributed by atoms with van der Waals surface area (Å²) in [4.78, 5) is 0. The Labute approximate surface area is 80.0 Å². The highest BCUT2D eigenvalue weighted by molar-refractivity contribution is 4.87. The van der Waals surface area contributed by atoms with E-state index in [4.69, 9.17) is 9.47 Å². The molecule has 0 aliphatic carbocycles. The third-order valence-corrected chi connectivity index (χ3v) is 2.42. The van der Waals surface area contributed by atoms with Gasteiger partial charge < -0.3 is 14.6 Å². The Morgan fingerprint density at radius 2 is 2.08 bits per heavy atom. The summed E-state index contributed by atoms with van der Waals surface area (Å²) in [6, 6.07) is 0. The zero-order chi connectivity index (χ0) is 9.95. The monoisotopic (exact) mass is 188 g/mol. The first-order valence-electron chi connectivity index (χ1n) is 4.99. The molecule has 3 heteroatoms. The van der Waals surface area contributed by atoms with Gasteiger partial charge in [0, 0.05) is 0 Å². The Kier molecular flexibility index (Phi) is 3.33. The van der Waals surface area contributed by atoms with Gasteiger partial charge in [0.1, 0.15) is 5.60 Å². The molecule has 13 heavy (non-hydrogen) atoms. The van der Waals surface area contributed by atoms with Crippen LogP contribution in [0.4, 0.5) is 0 Å². The van der Waals surface area contributed by atoms with E-state index in [1.165, 1.54) is 0 Å². The second-order valence-electron chi connectivity index (χ2n) is 4.24. The molecule has 0 spiro atoms. The Bertz CT molecular complexity index is 168. The summed E-state index contributed by atoms with van der Waals surface area (Å²) >= 11 is 0. The maximum absolute atomic E-state index is 9.27. The summed E-state index contributed by atoms with van der Waals surface area (Å²) in [6.45, 7) is 6.46. The van der Waals surface area contributed by atoms with Crippen molar-refractivity contribution in [3.8, 4) is 0 Å². The van der Waals surface area contributed by atoms with Crippen LogP contribution < -0.4 is 0 Å². The molecule has 0 aromatic carbocycles. The van der Waals surface area contributed by atoms with Crippen molar-refractivity contribution in [1.82, 2.24) is 0 Å². The minimum atomic E-state index is -0.531. The molecule has 0 aromatic heterocycles. The lowest BCUT2D eigenvalue weighted by Gasteiger charge is -2.26. The molecule has 0 saturated carbocycles. The summed E-state index contributed by atoms with van der Waals surface area (Å²) in [6.07, 6.45) is 3.06. The number of unbranched alkanes of at least 4 members (excludes halogenated alkanes) is 1. The van der Waals surface area contributed by atoms with Crippen molar-refractivity contribution in [3.05, 3.63) is 0 Å². The highest BCUT2D eigenvalue weighted by Crippen LogP contribution is 2.34. The molecular formula is C10H20O3. The van der Waals surface area contributed by atoms with Crippen LogP contribution in [0.1, 0.15) is 40.0 Å². The first-order chi connectivity index (χ1) is 6.04. The van der Waals surface area contributed by atoms with E-state index in [0.717, 1.165) is 19.3 Å². The zero-order valence-corrected chi connectivity index (χ0v) is 8.80. The molecule has 0 radical (unpaired) electrons. The van der Waals surface area contributed by atoms with Crippen LogP contribution in [0.5, 0.6) is 0 Å². The summed E-state index contributed by atoms with van der Waals surface area (Å²) in [5.41, 5.74) is -0.445. The minimum Gasteiger partial charge on any atom is -0.393 e. The van der Waals surface area contributed by atoms with Gasteiger partial charge in [0.25, 0.3) is 0 Å². The Morgan fingerprint density at radius 1 is 1.38 bits per heavy atom. The molecule has 0 bridgehead atoms. The van der Waals surface area contributed by atoms with Crippen molar-refractivity contribution in [3.63, 3.8) is 0 Å². The van der Waals surface area contributed by atoms with Crippen LogP contribution in [0, 0.1) is 0 Å². The molecule has 1 heterocycles. The minimum absolute atomic E-state index is 0.0520. The fraction of sp³-hybridized carbons (Fsp3) is 1.00. The number of aliphatic hydroxyl groups excluding tert-OH is 1. The van der Waals surface area contributed by atoms with E-state index >= 15 is 0 Å². The molecule has 0 aromatic rings. The van der Waals surface area contributed by atoms with Gasteiger partial charge in [-0.25, -0.2) is 0 Å². The number of hydrogen-bond acceptors (Lipinski definition) is 3. The van der Waals surface area contributed by atoms with Crippen LogP contribution in [-0.4, -0.2) is 29.7 Å². The van der Waals surface area contributed by atoms with Crippen molar-refractivity contribution >= 4 is 0 Å². The molecule has 1 fully saturated rings. The predicted molar refractivity (Wildman–Crippen MR) is 50.5 cm³/mol. The van der Waals surface area contributed by atoms with E-state index in [1.54, 1.807) is 0 Å². The van der Waals surface area contributed by atoms with Crippen molar-refractivity contribution in [2.45, 2.75) is 51.4 Å². The highest BCUT2D eigenvalue weighted by Gasteiger charge is 2.44. The molecule has 1 atom stereocenters. The molecule has 1 rings (SSSR count). The van der Waals surface area contributed by atoms with Gasteiger partial charge >= 0.3 is 0 Å². The fourth-order valence-electron chi connectivity index (χ4n) is 1.66. The molecule has 78 valence electrons. The van der Waals surface area contributed by atoms with Gasteiger partial charge in [0.15, 0.2) is 5.79 Å². The average Bonchev–Trinajstić information content (AvgIpc) is 2.40. The quantitative estimate of drug-likeness (QED) is 0.729. The van der Waals surface area contributed by atoms with Crippen molar-refractivity contribution < 1.29 is 14.6 Å². The second-order valence-corrected chi connectivity index (χ2v) is 4.24. The number of rotatable bonds is 4. The van der Waals surface area contributed by atoms with Gasteiger partial charge in [-0.15, -0.1) is 0 Å². The van der Waals surface area contributed by atoms with Crippen LogP contribution in [0.2, 0.25) is 0 Å². The lowest BCUT2D eigenvalue weighted by Crippen LogP contribution is -2.38. The maximum Gasteiger partial charge on any atom is 0.163 e. The van der Waals surface area contributed by atoms with Crippen LogP contribution >= 0.6 is 0 Å². The molecule has 1 N–H and O–H groups in total. The third-order valence-electron chi connectivity index (χ3n) is 2.42. The first kappa shape index (κ1) is 11.0. The number of ether oxygens (including phenoxy) is 2. The Hall–Kier alpha value is -0.120. The predicted octanol–water partition coefficient (Wildman–Crippen LogP) is 1.69. The second kappa shape index (κ2) is 3.95. The van der Waals surface area contributed by atoms with E-state index in [9.17, 15) is 5.11 Å². The fourth-order valence-corrected chi connectivity index (χ4v) is 1.66. The van der Waals surface area contributed by atoms with Crippen molar-refractivity contribution in [2.24, 2.45) is 0 Å². The maximum atomic E-state index is 9.27. The number of aliphatic hydroxyl groups is 1. The smallest absolute Gasteiger partial charge is 0.163 e. The molecule has 3 nitrogen and oxygen atoms in total. The first-order valence-corrected chi connectivity index (χ1v) is 4.99. The Morgan fingerprint density at radius 3 is 2.46 bits per heavy atom. The van der Waals surface area contributed by atoms with Gasteiger partial charge in [0.05, 0.1) is 13.2 Å². The third kappa shape index (κ3) is 2.66. The summed E-state index contributed by atoms with van der Waals surface area (Å²) in [7, 11) is 0. The summed E-state index contributed by atoms with van der Waals surface area (Å²) < 4.78 is 11.2. The topological polar surface area (TPSA) is 38.7 Å². The summed E-state index contributed by atoms with van der Waals surface area (Å²) in [5, 5.41) is 9.27. The van der Waals surface area contributed by atoms with Crippen molar-refractivity contribution in [1.29, 1.82) is 0 Å². The van der Waals surface area contributed by atoms with E-state index < -0.39 is 11.4 Å². The van der Waals surface area contributed by atoms with Crippen LogP contribution in [0.15, 0.2) is 0 Å². The van der Waals surface area contributed by atoms with Crippen molar-refractivity contribution in [2.75, 3.05) is 13.2 Å². The lowest BCUT2D eigenvalue weighted by atomic mass is 9.99. The largest absolute Gasteiger partial charge is 0.393 e. The number of hydrogen-bond donors (Lipinski definition) is 1. The van der Waals surface area contributed by atoms with Gasteiger partial charge in [0.2, 0.25) is 0 Å². The molecule has 0 amide bonds. The van der Waals surface area contributed by atoms with Gasteiger partial charge in [-0.3, -0.25) is 0 Å². The van der Waals surface area contributed by atoms with Crippen LogP contribution in [0.25, 0.3) is 0 Å². The van der Waals surface area contributed by atoms with Gasteiger partial charge in [-0.05, 0) is 20.3 Å². The molecular weight excluding hydrogens is 168 g/mol. The SMILES string of the molecule is CCCC[C@@]1(CO)COC(C)(C)O1. The van der Waals surface area contributed by atoms with Crippen LogP contribution in [0.3, 0.4) is 0 Å². The normalized spacial score (nSPS) is 32.3. The zero-order valence-electron chi connectivity index (χ0n) is 8.80. The Balaban J connectivity index is 2.52. The van der Waals surface area contributed by atoms with Gasteiger partial charge in [-0.1, -0.05) is 19.8 Å². The van der Waals surface area contributed by atoms with E-state index in [-0.39, 0.29) is 6.61 Å². The highest BCUT2D eigenvalue weighted by atomic mass is 16.8. The lowest BCUT2D eigenvalue weighted by molar-refractivity contribution is -0.170. The van der Waals surface area contributed by atoms with Gasteiger partial charge in [-0.2, -0.15) is 0 Å². The molecule has 1 aliphatic heterocycles. The van der Waals surface area contributed by atoms with Crippen LogP contribution in [-0.2, 0) is 9.47 Å². The van der Waals surface area contributed by atoms with E-state index in [2.05, 4.69) is 6.92 Å². The van der Waals surface area contributed by atoms with E-state index in [0.29, 0.717) is 6.61 Å². The summed E-state index contributed by atoms with van der Waals surface area (Å²) in [5.74, 6) is -0.531. The molecule has 1 saturated heterocycles.